The summed E-state index contributed by atoms with van der Waals surface area (Å²) in [4.78, 5) is 11.2. The second kappa shape index (κ2) is 11.4. The predicted molar refractivity (Wildman–Crippen MR) is 125 cm³/mol. The third-order valence-corrected chi connectivity index (χ3v) is 5.85. The maximum absolute atomic E-state index is 11.2. The van der Waals surface area contributed by atoms with Crippen molar-refractivity contribution in [1.29, 1.82) is 0 Å². The smallest absolute Gasteiger partial charge is 0.218 e. The van der Waals surface area contributed by atoms with Gasteiger partial charge in [0.1, 0.15) is 11.5 Å². The van der Waals surface area contributed by atoms with Gasteiger partial charge in [0, 0.05) is 18.2 Å². The van der Waals surface area contributed by atoms with E-state index in [1.54, 1.807) is 11.8 Å². The first-order valence-corrected chi connectivity index (χ1v) is 11.4. The monoisotopic (exact) mass is 420 g/mol. The van der Waals surface area contributed by atoms with Crippen LogP contribution in [0.15, 0.2) is 78.9 Å². The van der Waals surface area contributed by atoms with E-state index in [4.69, 9.17) is 10.5 Å². The van der Waals surface area contributed by atoms with Crippen molar-refractivity contribution in [1.82, 2.24) is 5.32 Å². The average molecular weight is 421 g/mol. The number of nitrogens with one attached hydrogen (secondary N) is 1. The number of rotatable bonds is 11. The molecule has 0 saturated heterocycles. The molecule has 3 aromatic carbocycles. The molecule has 0 bridgehead atoms. The molecule has 0 saturated carbocycles. The summed E-state index contributed by atoms with van der Waals surface area (Å²) < 4.78 is 5.95. The van der Waals surface area contributed by atoms with E-state index in [1.165, 1.54) is 11.1 Å². The van der Waals surface area contributed by atoms with Gasteiger partial charge in [0.2, 0.25) is 5.91 Å². The highest BCUT2D eigenvalue weighted by Crippen LogP contribution is 2.31. The van der Waals surface area contributed by atoms with Crippen LogP contribution in [0.5, 0.6) is 11.5 Å². The Balaban J connectivity index is 1.47. The summed E-state index contributed by atoms with van der Waals surface area (Å²) in [6.45, 7) is 1.81. The van der Waals surface area contributed by atoms with Gasteiger partial charge in [-0.2, -0.15) is 11.8 Å². The normalized spacial score (nSPS) is 11.8. The van der Waals surface area contributed by atoms with Gasteiger partial charge in [-0.1, -0.05) is 54.6 Å². The van der Waals surface area contributed by atoms with Crippen LogP contribution in [0.1, 0.15) is 28.4 Å². The standard InChI is InChI=1S/C25H28N2O2S/c1-30-24(17-25(26)28)21-9-13-23(14-10-21)29-22-11-7-19(8-12-22)15-16-27-18-20-5-3-2-4-6-20/h2-14,24,27H,15-18H2,1H3,(H2,26,28). The van der Waals surface area contributed by atoms with Crippen molar-refractivity contribution in [3.05, 3.63) is 95.6 Å². The summed E-state index contributed by atoms with van der Waals surface area (Å²) in [6, 6.07) is 26.5. The van der Waals surface area contributed by atoms with E-state index in [0.717, 1.165) is 36.6 Å². The molecule has 5 heteroatoms. The number of ether oxygens (including phenoxy) is 1. The second-order valence-corrected chi connectivity index (χ2v) is 8.16. The van der Waals surface area contributed by atoms with Gasteiger partial charge in [0.15, 0.2) is 0 Å². The zero-order valence-corrected chi connectivity index (χ0v) is 18.0. The lowest BCUT2D eigenvalue weighted by Gasteiger charge is -2.14. The van der Waals surface area contributed by atoms with Crippen LogP contribution in [0.25, 0.3) is 0 Å². The minimum Gasteiger partial charge on any atom is -0.457 e. The molecule has 1 unspecified atom stereocenters. The predicted octanol–water partition coefficient (Wildman–Crippen LogP) is 5.09. The number of thioether (sulfide) groups is 1. The van der Waals surface area contributed by atoms with Crippen LogP contribution in [-0.2, 0) is 17.8 Å². The molecule has 4 nitrogen and oxygen atoms in total. The van der Waals surface area contributed by atoms with Gasteiger partial charge in [-0.05, 0) is 60.2 Å². The van der Waals surface area contributed by atoms with E-state index in [9.17, 15) is 4.79 Å². The molecule has 0 spiro atoms. The van der Waals surface area contributed by atoms with E-state index in [1.807, 2.05) is 48.7 Å². The van der Waals surface area contributed by atoms with Gasteiger partial charge in [-0.15, -0.1) is 0 Å². The molecule has 0 heterocycles. The fourth-order valence-electron chi connectivity index (χ4n) is 3.19. The number of benzene rings is 3. The maximum Gasteiger partial charge on any atom is 0.218 e. The number of primary amides is 1. The summed E-state index contributed by atoms with van der Waals surface area (Å²) in [5, 5.41) is 3.55. The number of amides is 1. The number of hydrogen-bond acceptors (Lipinski definition) is 4. The third-order valence-electron chi connectivity index (χ3n) is 4.84. The Labute approximate surface area is 182 Å². The van der Waals surface area contributed by atoms with Crippen LogP contribution < -0.4 is 15.8 Å². The molecule has 1 amide bonds. The molecular weight excluding hydrogens is 392 g/mol. The summed E-state index contributed by atoms with van der Waals surface area (Å²) >= 11 is 1.62. The van der Waals surface area contributed by atoms with Crippen LogP contribution in [0.4, 0.5) is 0 Å². The Morgan fingerprint density at radius 2 is 1.57 bits per heavy atom. The largest absolute Gasteiger partial charge is 0.457 e. The van der Waals surface area contributed by atoms with Gasteiger partial charge >= 0.3 is 0 Å². The van der Waals surface area contributed by atoms with Gasteiger partial charge in [0.05, 0.1) is 0 Å². The molecule has 0 aliphatic carbocycles. The molecule has 0 fully saturated rings. The quantitative estimate of drug-likeness (QED) is 0.424. The lowest BCUT2D eigenvalue weighted by Crippen LogP contribution is -2.16. The van der Waals surface area contributed by atoms with Crippen molar-refractivity contribution in [2.75, 3.05) is 12.8 Å². The van der Waals surface area contributed by atoms with Crippen molar-refractivity contribution in [3.63, 3.8) is 0 Å². The van der Waals surface area contributed by atoms with E-state index in [-0.39, 0.29) is 11.2 Å². The maximum atomic E-state index is 11.2. The summed E-state index contributed by atoms with van der Waals surface area (Å²) in [6.07, 6.45) is 3.29. The highest BCUT2D eigenvalue weighted by molar-refractivity contribution is 7.98. The van der Waals surface area contributed by atoms with Crippen molar-refractivity contribution in [2.45, 2.75) is 24.6 Å². The zero-order chi connectivity index (χ0) is 21.2. The molecule has 3 N–H and O–H groups in total. The van der Waals surface area contributed by atoms with Crippen LogP contribution in [-0.4, -0.2) is 18.7 Å². The van der Waals surface area contributed by atoms with Crippen molar-refractivity contribution >= 4 is 17.7 Å². The number of carbonyl (C=O) groups is 1. The Hall–Kier alpha value is -2.76. The van der Waals surface area contributed by atoms with Crippen molar-refractivity contribution in [2.24, 2.45) is 5.73 Å². The Kier molecular flexibility index (Phi) is 8.36. The number of carbonyl (C=O) groups excluding carboxylic acids is 1. The third kappa shape index (κ3) is 6.94. The minimum absolute atomic E-state index is 0.0753. The molecule has 3 rings (SSSR count). The van der Waals surface area contributed by atoms with Crippen molar-refractivity contribution < 1.29 is 9.53 Å². The molecule has 0 aliphatic rings. The first-order valence-electron chi connectivity index (χ1n) is 10.1. The molecular formula is C25H28N2O2S. The van der Waals surface area contributed by atoms with E-state index in [0.29, 0.717) is 6.42 Å². The molecule has 30 heavy (non-hydrogen) atoms. The molecule has 0 aliphatic heterocycles. The molecule has 0 radical (unpaired) electrons. The highest BCUT2D eigenvalue weighted by atomic mass is 32.2. The first kappa shape index (κ1) is 21.9. The number of hydrogen-bond donors (Lipinski definition) is 2. The summed E-state index contributed by atoms with van der Waals surface area (Å²) in [5.74, 6) is 1.29. The van der Waals surface area contributed by atoms with Crippen molar-refractivity contribution in [3.8, 4) is 11.5 Å². The zero-order valence-electron chi connectivity index (χ0n) is 17.2. The van der Waals surface area contributed by atoms with Gasteiger partial charge in [-0.25, -0.2) is 0 Å². The fraction of sp³-hybridized carbons (Fsp3) is 0.240. The topological polar surface area (TPSA) is 64.4 Å². The lowest BCUT2D eigenvalue weighted by molar-refractivity contribution is -0.118. The van der Waals surface area contributed by atoms with Gasteiger partial charge < -0.3 is 15.8 Å². The summed E-state index contributed by atoms with van der Waals surface area (Å²) in [5.41, 5.74) is 8.98. The molecule has 3 aromatic rings. The Morgan fingerprint density at radius 3 is 2.17 bits per heavy atom. The highest BCUT2D eigenvalue weighted by Gasteiger charge is 2.13. The van der Waals surface area contributed by atoms with E-state index < -0.39 is 0 Å². The molecule has 156 valence electrons. The first-order chi connectivity index (χ1) is 14.6. The van der Waals surface area contributed by atoms with Crippen LogP contribution >= 0.6 is 11.8 Å². The number of nitrogens with two attached hydrogens (primary N) is 1. The SMILES string of the molecule is CSC(CC(N)=O)c1ccc(Oc2ccc(CCNCc3ccccc3)cc2)cc1. The van der Waals surface area contributed by atoms with Crippen LogP contribution in [0.2, 0.25) is 0 Å². The van der Waals surface area contributed by atoms with Gasteiger partial charge in [-0.3, -0.25) is 4.79 Å². The Bertz CT molecular complexity index is 912. The van der Waals surface area contributed by atoms with Crippen LogP contribution in [0.3, 0.4) is 0 Å². The Morgan fingerprint density at radius 1 is 0.933 bits per heavy atom. The molecule has 1 atom stereocenters. The minimum atomic E-state index is -0.287. The van der Waals surface area contributed by atoms with E-state index >= 15 is 0 Å². The van der Waals surface area contributed by atoms with Gasteiger partial charge in [0.25, 0.3) is 0 Å². The fourth-order valence-corrected chi connectivity index (χ4v) is 3.95. The molecule has 0 aromatic heterocycles. The average Bonchev–Trinajstić information content (AvgIpc) is 2.77. The second-order valence-electron chi connectivity index (χ2n) is 7.12. The van der Waals surface area contributed by atoms with E-state index in [2.05, 4.69) is 41.7 Å². The summed E-state index contributed by atoms with van der Waals surface area (Å²) in [7, 11) is 0. The lowest BCUT2D eigenvalue weighted by atomic mass is 10.1. The van der Waals surface area contributed by atoms with Crippen LogP contribution in [0, 0.1) is 0 Å².